The molecule has 0 atom stereocenters. The molecule has 0 bridgehead atoms. The van der Waals surface area contributed by atoms with Gasteiger partial charge in [0.2, 0.25) is 0 Å². The largest absolute Gasteiger partial charge is 0.573 e. The van der Waals surface area contributed by atoms with Gasteiger partial charge in [0.05, 0.1) is 12.2 Å². The van der Waals surface area contributed by atoms with E-state index in [0.29, 0.717) is 22.7 Å². The highest BCUT2D eigenvalue weighted by Crippen LogP contribution is 2.31. The number of esters is 1. The lowest BCUT2D eigenvalue weighted by atomic mass is 10.1. The molecule has 0 aliphatic heterocycles. The molecule has 0 aliphatic carbocycles. The van der Waals surface area contributed by atoms with E-state index in [9.17, 15) is 18.0 Å². The minimum absolute atomic E-state index is 0.174. The van der Waals surface area contributed by atoms with Crippen molar-refractivity contribution in [2.75, 3.05) is 17.2 Å². The second-order valence-electron chi connectivity index (χ2n) is 6.49. The van der Waals surface area contributed by atoms with Crippen molar-refractivity contribution in [3.63, 3.8) is 0 Å². The Labute approximate surface area is 192 Å². The second kappa shape index (κ2) is 10.5. The Bertz CT molecular complexity index is 1070. The van der Waals surface area contributed by atoms with Crippen LogP contribution in [-0.4, -0.2) is 24.1 Å². The second-order valence-corrected chi connectivity index (χ2v) is 8.03. The van der Waals surface area contributed by atoms with E-state index in [1.807, 2.05) is 30.3 Å². The number of carbonyl (C=O) groups excluding carboxylic acids is 1. The number of ether oxygens (including phenoxy) is 2. The molecule has 5 nitrogen and oxygen atoms in total. The number of anilines is 2. The summed E-state index contributed by atoms with van der Waals surface area (Å²) in [6.07, 6.45) is -4.12. The highest BCUT2D eigenvalue weighted by molar-refractivity contribution is 7.80. The fraction of sp³-hybridized carbons (Fsp3) is 0.182. The van der Waals surface area contributed by atoms with Gasteiger partial charge in [0, 0.05) is 17.0 Å². The number of benzene rings is 2. The predicted octanol–water partition coefficient (Wildman–Crippen LogP) is 6.22. The summed E-state index contributed by atoms with van der Waals surface area (Å²) >= 11 is 6.68. The molecule has 0 radical (unpaired) electrons. The monoisotopic (exact) mass is 480 g/mol. The van der Waals surface area contributed by atoms with Crippen LogP contribution in [0.25, 0.3) is 0 Å². The smallest absolute Gasteiger partial charge is 0.462 e. The maximum absolute atomic E-state index is 12.4. The zero-order chi connectivity index (χ0) is 23.1. The van der Waals surface area contributed by atoms with Gasteiger partial charge in [-0.2, -0.15) is 0 Å². The van der Waals surface area contributed by atoms with Crippen LogP contribution in [0.4, 0.5) is 23.9 Å². The summed E-state index contributed by atoms with van der Waals surface area (Å²) in [6, 6.07) is 16.7. The SMILES string of the molecule is CCOC(=O)c1cc(Cc2ccccc2)sc1NC(=S)Nc1ccc(OC(F)(F)F)cc1. The Morgan fingerprint density at radius 3 is 2.38 bits per heavy atom. The lowest BCUT2D eigenvalue weighted by molar-refractivity contribution is -0.274. The summed E-state index contributed by atoms with van der Waals surface area (Å²) in [7, 11) is 0. The molecule has 10 heteroatoms. The van der Waals surface area contributed by atoms with Gasteiger partial charge in [-0.25, -0.2) is 4.79 Å². The molecule has 0 saturated heterocycles. The van der Waals surface area contributed by atoms with Gasteiger partial charge in [-0.05, 0) is 55.0 Å². The first kappa shape index (κ1) is 23.6. The number of hydrogen-bond donors (Lipinski definition) is 2. The molecule has 0 amide bonds. The van der Waals surface area contributed by atoms with Crippen molar-refractivity contribution in [2.24, 2.45) is 0 Å². The van der Waals surface area contributed by atoms with Crippen LogP contribution >= 0.6 is 23.6 Å². The molecule has 0 saturated carbocycles. The van der Waals surface area contributed by atoms with Gasteiger partial charge in [-0.3, -0.25) is 0 Å². The summed E-state index contributed by atoms with van der Waals surface area (Å²) in [5.74, 6) is -0.808. The van der Waals surface area contributed by atoms with E-state index in [2.05, 4.69) is 15.4 Å². The lowest BCUT2D eigenvalue weighted by Crippen LogP contribution is -2.20. The van der Waals surface area contributed by atoms with Crippen molar-refractivity contribution in [1.29, 1.82) is 0 Å². The number of halogens is 3. The molecule has 1 aromatic heterocycles. The van der Waals surface area contributed by atoms with Gasteiger partial charge in [-0.1, -0.05) is 30.3 Å². The Hall–Kier alpha value is -3.11. The minimum atomic E-state index is -4.76. The number of rotatable bonds is 7. The average Bonchev–Trinajstić information content (AvgIpc) is 3.11. The van der Waals surface area contributed by atoms with Gasteiger partial charge in [-0.15, -0.1) is 24.5 Å². The number of carbonyl (C=O) groups is 1. The third-order valence-electron chi connectivity index (χ3n) is 4.07. The molecule has 3 rings (SSSR count). The van der Waals surface area contributed by atoms with Gasteiger partial charge in [0.1, 0.15) is 10.8 Å². The van der Waals surface area contributed by atoms with E-state index in [0.717, 1.165) is 10.4 Å². The lowest BCUT2D eigenvalue weighted by Gasteiger charge is -2.12. The van der Waals surface area contributed by atoms with Crippen molar-refractivity contribution in [3.05, 3.63) is 76.7 Å². The van der Waals surface area contributed by atoms with E-state index >= 15 is 0 Å². The minimum Gasteiger partial charge on any atom is -0.462 e. The summed E-state index contributed by atoms with van der Waals surface area (Å²) in [4.78, 5) is 13.3. The van der Waals surface area contributed by atoms with Crippen molar-refractivity contribution in [2.45, 2.75) is 19.7 Å². The van der Waals surface area contributed by atoms with Crippen molar-refractivity contribution in [3.8, 4) is 5.75 Å². The fourth-order valence-electron chi connectivity index (χ4n) is 2.78. The summed E-state index contributed by atoms with van der Waals surface area (Å²) in [5, 5.41) is 6.55. The van der Waals surface area contributed by atoms with E-state index in [1.165, 1.54) is 35.6 Å². The van der Waals surface area contributed by atoms with Crippen LogP contribution in [0.15, 0.2) is 60.7 Å². The molecule has 168 valence electrons. The molecular weight excluding hydrogens is 461 g/mol. The first-order valence-corrected chi connectivity index (χ1v) is 10.7. The van der Waals surface area contributed by atoms with Gasteiger partial charge in [0.25, 0.3) is 0 Å². The molecule has 0 unspecified atom stereocenters. The quantitative estimate of drug-likeness (QED) is 0.309. The molecule has 0 fully saturated rings. The number of thiophene rings is 1. The van der Waals surface area contributed by atoms with Crippen molar-refractivity contribution in [1.82, 2.24) is 0 Å². The van der Waals surface area contributed by atoms with Gasteiger partial charge < -0.3 is 20.1 Å². The topological polar surface area (TPSA) is 59.6 Å². The highest BCUT2D eigenvalue weighted by Gasteiger charge is 2.31. The maximum Gasteiger partial charge on any atom is 0.573 e. The zero-order valence-corrected chi connectivity index (χ0v) is 18.5. The molecule has 2 aromatic carbocycles. The van der Waals surface area contributed by atoms with E-state index in [1.54, 1.807) is 13.0 Å². The standard InChI is InChI=1S/C22H19F3N2O3S2/c1-2-29-20(28)18-13-17(12-14-6-4-3-5-7-14)32-19(18)27-21(31)26-15-8-10-16(11-9-15)30-22(23,24)25/h3-11,13H,2,12H2,1H3,(H2,26,27,31). The van der Waals surface area contributed by atoms with Crippen LogP contribution in [0.2, 0.25) is 0 Å². The maximum atomic E-state index is 12.4. The van der Waals surface area contributed by atoms with Crippen LogP contribution in [0.1, 0.15) is 27.7 Å². The van der Waals surface area contributed by atoms with Crippen LogP contribution in [0.3, 0.4) is 0 Å². The molecular formula is C22H19F3N2O3S2. The van der Waals surface area contributed by atoms with E-state index in [-0.39, 0.29) is 17.5 Å². The Morgan fingerprint density at radius 1 is 1.06 bits per heavy atom. The van der Waals surface area contributed by atoms with Crippen LogP contribution in [0.5, 0.6) is 5.75 Å². The van der Waals surface area contributed by atoms with E-state index < -0.39 is 12.3 Å². The Morgan fingerprint density at radius 2 is 1.75 bits per heavy atom. The number of hydrogen-bond acceptors (Lipinski definition) is 5. The first-order chi connectivity index (χ1) is 15.2. The van der Waals surface area contributed by atoms with E-state index in [4.69, 9.17) is 17.0 Å². The molecule has 2 N–H and O–H groups in total. The first-order valence-electron chi connectivity index (χ1n) is 9.51. The summed E-state index contributed by atoms with van der Waals surface area (Å²) in [6.45, 7) is 1.96. The van der Waals surface area contributed by atoms with Gasteiger partial charge in [0.15, 0.2) is 5.11 Å². The zero-order valence-electron chi connectivity index (χ0n) is 16.9. The third-order valence-corrected chi connectivity index (χ3v) is 5.33. The van der Waals surface area contributed by atoms with Crippen LogP contribution < -0.4 is 15.4 Å². The molecule has 32 heavy (non-hydrogen) atoms. The third kappa shape index (κ3) is 6.96. The molecule has 0 aliphatic rings. The average molecular weight is 481 g/mol. The highest BCUT2D eigenvalue weighted by atomic mass is 32.1. The Balaban J connectivity index is 1.71. The van der Waals surface area contributed by atoms with Gasteiger partial charge >= 0.3 is 12.3 Å². The fourth-order valence-corrected chi connectivity index (χ4v) is 4.15. The van der Waals surface area contributed by atoms with Crippen LogP contribution in [-0.2, 0) is 11.2 Å². The molecule has 1 heterocycles. The molecule has 0 spiro atoms. The van der Waals surface area contributed by atoms with Crippen LogP contribution in [0, 0.1) is 0 Å². The summed E-state index contributed by atoms with van der Waals surface area (Å²) < 4.78 is 45.9. The summed E-state index contributed by atoms with van der Waals surface area (Å²) in [5.41, 5.74) is 1.91. The van der Waals surface area contributed by atoms with Crippen molar-refractivity contribution < 1.29 is 27.4 Å². The van der Waals surface area contributed by atoms with Crippen molar-refractivity contribution >= 4 is 45.3 Å². The number of nitrogens with one attached hydrogen (secondary N) is 2. The number of thiocarbonyl (C=S) groups is 1. The normalized spacial score (nSPS) is 11.0. The predicted molar refractivity (Wildman–Crippen MR) is 122 cm³/mol. The number of alkyl halides is 3. The Kier molecular flexibility index (Phi) is 7.70. The molecule has 3 aromatic rings.